The highest BCUT2D eigenvalue weighted by Crippen LogP contribution is 2.67. The number of allylic oxidation sites excluding steroid dienone is 2. The first kappa shape index (κ1) is 20.5. The number of esters is 1. The zero-order valence-electron chi connectivity index (χ0n) is 18.8. The second kappa shape index (κ2) is 7.80. The fraction of sp³-hybridized carbons (Fsp3) is 0.885. The fourth-order valence-electron chi connectivity index (χ4n) is 8.45. The van der Waals surface area contributed by atoms with E-state index in [-0.39, 0.29) is 5.97 Å². The van der Waals surface area contributed by atoms with Gasteiger partial charge in [-0.3, -0.25) is 4.79 Å². The molecule has 2 heteroatoms. The predicted molar refractivity (Wildman–Crippen MR) is 115 cm³/mol. The van der Waals surface area contributed by atoms with Gasteiger partial charge in [-0.25, -0.2) is 0 Å². The number of fused-ring (bicyclic) bond motifs is 5. The second-order valence-electron chi connectivity index (χ2n) is 11.0. The third-order valence-corrected chi connectivity index (χ3v) is 9.89. The monoisotopic (exact) mass is 386 g/mol. The van der Waals surface area contributed by atoms with Crippen molar-refractivity contribution in [3.63, 3.8) is 0 Å². The maximum absolute atomic E-state index is 11.9. The average molecular weight is 387 g/mol. The summed E-state index contributed by atoms with van der Waals surface area (Å²) in [6.45, 7) is 10.1. The summed E-state index contributed by atoms with van der Waals surface area (Å²) in [6, 6.07) is 0. The molecule has 158 valence electrons. The molecule has 4 rings (SSSR count). The lowest BCUT2D eigenvalue weighted by Crippen LogP contribution is -2.50. The van der Waals surface area contributed by atoms with Gasteiger partial charge in [0.2, 0.25) is 0 Å². The van der Waals surface area contributed by atoms with E-state index in [9.17, 15) is 4.79 Å². The van der Waals surface area contributed by atoms with Crippen molar-refractivity contribution < 1.29 is 9.53 Å². The summed E-state index contributed by atoms with van der Waals surface area (Å²) in [6.07, 6.45) is 16.9. The van der Waals surface area contributed by atoms with E-state index in [4.69, 9.17) is 4.74 Å². The van der Waals surface area contributed by atoms with Crippen LogP contribution in [0.5, 0.6) is 0 Å². The summed E-state index contributed by atoms with van der Waals surface area (Å²) in [4.78, 5) is 11.9. The van der Waals surface area contributed by atoms with Crippen molar-refractivity contribution in [2.24, 2.45) is 40.4 Å². The lowest BCUT2D eigenvalue weighted by atomic mass is 9.47. The molecule has 0 aromatic carbocycles. The molecule has 0 N–H and O–H groups in total. The van der Waals surface area contributed by atoms with Crippen LogP contribution in [0.4, 0.5) is 0 Å². The molecule has 7 unspecified atom stereocenters. The summed E-state index contributed by atoms with van der Waals surface area (Å²) in [7, 11) is 0. The molecule has 3 fully saturated rings. The van der Waals surface area contributed by atoms with Gasteiger partial charge >= 0.3 is 5.97 Å². The van der Waals surface area contributed by atoms with Gasteiger partial charge in [0.25, 0.3) is 0 Å². The summed E-state index contributed by atoms with van der Waals surface area (Å²) in [5, 5.41) is 0. The molecule has 0 aliphatic heterocycles. The third-order valence-electron chi connectivity index (χ3n) is 9.89. The molecule has 0 aromatic heterocycles. The molecule has 0 heterocycles. The Hall–Kier alpha value is -0.790. The van der Waals surface area contributed by atoms with E-state index in [0.717, 1.165) is 30.1 Å². The Morgan fingerprint density at radius 1 is 1.18 bits per heavy atom. The van der Waals surface area contributed by atoms with Gasteiger partial charge in [-0.05, 0) is 105 Å². The molecule has 7 atom stereocenters. The van der Waals surface area contributed by atoms with Gasteiger partial charge in [0.15, 0.2) is 0 Å². The Kier molecular flexibility index (Phi) is 5.71. The molecule has 3 saturated carbocycles. The van der Waals surface area contributed by atoms with Gasteiger partial charge in [0.05, 0.1) is 6.61 Å². The molecule has 0 amide bonds. The normalized spacial score (nSPS) is 43.4. The molecular formula is C26H42O2. The maximum Gasteiger partial charge on any atom is 0.305 e. The number of carbonyl (C=O) groups excluding carboxylic acids is 1. The minimum Gasteiger partial charge on any atom is -0.466 e. The van der Waals surface area contributed by atoms with Crippen LogP contribution < -0.4 is 0 Å². The van der Waals surface area contributed by atoms with E-state index in [1.165, 1.54) is 57.8 Å². The molecule has 0 radical (unpaired) electrons. The van der Waals surface area contributed by atoms with Crippen molar-refractivity contribution >= 4 is 5.97 Å². The van der Waals surface area contributed by atoms with Gasteiger partial charge in [-0.2, -0.15) is 0 Å². The SMILES string of the molecule is CCOC(=O)CCC(C)C1CCC2C3CC=C4CCCCC4(C)C3CCC12C. The highest BCUT2D eigenvalue weighted by molar-refractivity contribution is 5.69. The van der Waals surface area contributed by atoms with E-state index in [2.05, 4.69) is 26.8 Å². The van der Waals surface area contributed by atoms with E-state index >= 15 is 0 Å². The molecule has 0 aromatic rings. The van der Waals surface area contributed by atoms with E-state index < -0.39 is 0 Å². The van der Waals surface area contributed by atoms with Gasteiger partial charge < -0.3 is 4.74 Å². The first-order valence-electron chi connectivity index (χ1n) is 12.2. The van der Waals surface area contributed by atoms with Crippen LogP contribution in [0.15, 0.2) is 11.6 Å². The minimum atomic E-state index is -0.00655. The van der Waals surface area contributed by atoms with Gasteiger partial charge in [-0.1, -0.05) is 38.8 Å². The molecule has 0 bridgehead atoms. The van der Waals surface area contributed by atoms with Crippen molar-refractivity contribution in [3.05, 3.63) is 11.6 Å². The van der Waals surface area contributed by atoms with Crippen molar-refractivity contribution in [1.82, 2.24) is 0 Å². The van der Waals surface area contributed by atoms with E-state index in [0.29, 0.717) is 29.8 Å². The van der Waals surface area contributed by atoms with Crippen LogP contribution in [0.1, 0.15) is 98.3 Å². The molecule has 28 heavy (non-hydrogen) atoms. The topological polar surface area (TPSA) is 26.3 Å². The van der Waals surface area contributed by atoms with Crippen LogP contribution in [0.2, 0.25) is 0 Å². The Morgan fingerprint density at radius 2 is 2.00 bits per heavy atom. The first-order chi connectivity index (χ1) is 13.4. The fourth-order valence-corrected chi connectivity index (χ4v) is 8.45. The second-order valence-corrected chi connectivity index (χ2v) is 11.0. The number of rotatable bonds is 5. The zero-order valence-corrected chi connectivity index (χ0v) is 18.8. The minimum absolute atomic E-state index is 0.00655. The highest BCUT2D eigenvalue weighted by Gasteiger charge is 2.58. The lowest BCUT2D eigenvalue weighted by Gasteiger charge is -2.58. The highest BCUT2D eigenvalue weighted by atomic mass is 16.5. The Labute approximate surface area is 172 Å². The van der Waals surface area contributed by atoms with Crippen LogP contribution in [-0.2, 0) is 9.53 Å². The Balaban J connectivity index is 1.48. The van der Waals surface area contributed by atoms with Gasteiger partial charge in [0, 0.05) is 6.42 Å². The zero-order chi connectivity index (χ0) is 19.9. The molecular weight excluding hydrogens is 344 g/mol. The average Bonchev–Trinajstić information content (AvgIpc) is 3.03. The molecule has 2 nitrogen and oxygen atoms in total. The van der Waals surface area contributed by atoms with Crippen LogP contribution in [-0.4, -0.2) is 12.6 Å². The Morgan fingerprint density at radius 3 is 2.79 bits per heavy atom. The van der Waals surface area contributed by atoms with E-state index in [1.807, 2.05) is 12.5 Å². The summed E-state index contributed by atoms with van der Waals surface area (Å²) in [5.74, 6) is 4.16. The van der Waals surface area contributed by atoms with Crippen LogP contribution >= 0.6 is 0 Å². The third kappa shape index (κ3) is 3.27. The van der Waals surface area contributed by atoms with Crippen molar-refractivity contribution in [3.8, 4) is 0 Å². The number of carbonyl (C=O) groups is 1. The van der Waals surface area contributed by atoms with Crippen LogP contribution in [0, 0.1) is 40.4 Å². The number of hydrogen-bond donors (Lipinski definition) is 0. The predicted octanol–water partition coefficient (Wildman–Crippen LogP) is 6.93. The number of ether oxygens (including phenoxy) is 1. The van der Waals surface area contributed by atoms with Crippen LogP contribution in [0.3, 0.4) is 0 Å². The quantitative estimate of drug-likeness (QED) is 0.378. The van der Waals surface area contributed by atoms with Gasteiger partial charge in [0.1, 0.15) is 0 Å². The van der Waals surface area contributed by atoms with E-state index in [1.54, 1.807) is 0 Å². The van der Waals surface area contributed by atoms with Crippen LogP contribution in [0.25, 0.3) is 0 Å². The number of hydrogen-bond acceptors (Lipinski definition) is 2. The summed E-state index contributed by atoms with van der Waals surface area (Å²) >= 11 is 0. The molecule has 4 aliphatic carbocycles. The summed E-state index contributed by atoms with van der Waals surface area (Å²) in [5.41, 5.74) is 2.82. The van der Waals surface area contributed by atoms with Crippen molar-refractivity contribution in [2.45, 2.75) is 98.3 Å². The standard InChI is InChI=1S/C26H42O2/c1-5-28-24(27)14-9-18(2)21-12-13-22-20-11-10-19-8-6-7-16-25(19,3)23(20)15-17-26(21,22)4/h10,18,20-23H,5-9,11-17H2,1-4H3. The maximum atomic E-state index is 11.9. The van der Waals surface area contributed by atoms with Crippen molar-refractivity contribution in [2.75, 3.05) is 6.61 Å². The smallest absolute Gasteiger partial charge is 0.305 e. The van der Waals surface area contributed by atoms with Gasteiger partial charge in [-0.15, -0.1) is 0 Å². The molecule has 0 spiro atoms. The largest absolute Gasteiger partial charge is 0.466 e. The molecule has 0 saturated heterocycles. The molecule has 4 aliphatic rings. The Bertz CT molecular complexity index is 622. The summed E-state index contributed by atoms with van der Waals surface area (Å²) < 4.78 is 5.17. The lowest BCUT2D eigenvalue weighted by molar-refractivity contribution is -0.143. The first-order valence-corrected chi connectivity index (χ1v) is 12.2. The van der Waals surface area contributed by atoms with Crippen molar-refractivity contribution in [1.29, 1.82) is 0 Å².